The first-order valence-electron chi connectivity index (χ1n) is 10.2. The van der Waals surface area contributed by atoms with Crippen molar-refractivity contribution in [3.8, 4) is 17.1 Å². The van der Waals surface area contributed by atoms with Crippen LogP contribution in [0.15, 0.2) is 78.9 Å². The van der Waals surface area contributed by atoms with E-state index in [-0.39, 0.29) is 17.2 Å². The van der Waals surface area contributed by atoms with E-state index < -0.39 is 23.4 Å². The summed E-state index contributed by atoms with van der Waals surface area (Å²) in [6, 6.07) is 22.5. The minimum absolute atomic E-state index is 0.165. The number of anilines is 1. The monoisotopic (exact) mass is 457 g/mol. The third-order valence-corrected chi connectivity index (χ3v) is 4.86. The highest BCUT2D eigenvalue weighted by Crippen LogP contribution is 2.23. The fourth-order valence-electron chi connectivity index (χ4n) is 3.16. The van der Waals surface area contributed by atoms with Gasteiger partial charge in [-0.25, -0.2) is 14.5 Å². The number of nitrogens with zero attached hydrogens (tertiary/aromatic N) is 4. The number of ether oxygens (including phenoxy) is 1. The summed E-state index contributed by atoms with van der Waals surface area (Å²) in [6.07, 6.45) is 0. The Morgan fingerprint density at radius 1 is 1.03 bits per heavy atom. The molecule has 0 saturated heterocycles. The molecule has 0 spiro atoms. The molecule has 0 aliphatic carbocycles. The van der Waals surface area contributed by atoms with Gasteiger partial charge in [0.2, 0.25) is 0 Å². The quantitative estimate of drug-likeness (QED) is 0.253. The van der Waals surface area contributed by atoms with Gasteiger partial charge in [-0.3, -0.25) is 14.9 Å². The molecule has 34 heavy (non-hydrogen) atoms. The molecule has 1 heterocycles. The van der Waals surface area contributed by atoms with Gasteiger partial charge in [-0.1, -0.05) is 54.6 Å². The van der Waals surface area contributed by atoms with Crippen LogP contribution >= 0.6 is 0 Å². The topological polar surface area (TPSA) is 129 Å². The molecular formula is C24H19N5O5. The van der Waals surface area contributed by atoms with Crippen molar-refractivity contribution in [2.45, 2.75) is 6.92 Å². The van der Waals surface area contributed by atoms with E-state index in [1.807, 2.05) is 60.7 Å². The Kier molecular flexibility index (Phi) is 6.40. The summed E-state index contributed by atoms with van der Waals surface area (Å²) in [5, 5.41) is 17.8. The van der Waals surface area contributed by atoms with Gasteiger partial charge in [-0.15, -0.1) is 5.10 Å². The van der Waals surface area contributed by atoms with Crippen molar-refractivity contribution in [2.75, 3.05) is 11.9 Å². The molecule has 0 bridgehead atoms. The molecule has 170 valence electrons. The number of carbonyl (C=O) groups is 2. The average molecular weight is 457 g/mol. The standard InChI is InChI=1S/C24H19N5O5/c1-16-12-13-19(29(32)33)14-20(16)25-21(30)15-34-24(31)22-26-23(17-8-4-2-5-9-17)28(27-22)18-10-6-3-7-11-18/h2-14H,15H2,1H3,(H,25,30). The van der Waals surface area contributed by atoms with E-state index in [0.29, 0.717) is 17.1 Å². The summed E-state index contributed by atoms with van der Waals surface area (Å²) in [6.45, 7) is 1.08. The number of rotatable bonds is 7. The number of hydrogen-bond acceptors (Lipinski definition) is 7. The number of nitro groups is 1. The van der Waals surface area contributed by atoms with Crippen molar-refractivity contribution in [2.24, 2.45) is 0 Å². The third kappa shape index (κ3) is 4.96. The Bertz CT molecular complexity index is 1300. The molecule has 0 unspecified atom stereocenters. The van der Waals surface area contributed by atoms with Crippen molar-refractivity contribution in [3.63, 3.8) is 0 Å². The van der Waals surface area contributed by atoms with Gasteiger partial charge in [0.15, 0.2) is 12.4 Å². The molecule has 4 aromatic rings. The van der Waals surface area contributed by atoms with Crippen molar-refractivity contribution in [1.29, 1.82) is 0 Å². The third-order valence-electron chi connectivity index (χ3n) is 4.86. The number of nitro benzene ring substituents is 1. The minimum atomic E-state index is -0.877. The fraction of sp³-hybridized carbons (Fsp3) is 0.0833. The lowest BCUT2D eigenvalue weighted by molar-refractivity contribution is -0.384. The lowest BCUT2D eigenvalue weighted by atomic mass is 10.2. The van der Waals surface area contributed by atoms with E-state index >= 15 is 0 Å². The smallest absolute Gasteiger partial charge is 0.378 e. The number of esters is 1. The van der Waals surface area contributed by atoms with Gasteiger partial charge in [0.1, 0.15) is 0 Å². The second-order valence-electron chi connectivity index (χ2n) is 7.25. The van der Waals surface area contributed by atoms with Crippen LogP contribution in [-0.4, -0.2) is 38.2 Å². The Morgan fingerprint density at radius 2 is 1.71 bits per heavy atom. The molecule has 0 aliphatic rings. The maximum absolute atomic E-state index is 12.6. The van der Waals surface area contributed by atoms with Crippen molar-refractivity contribution < 1.29 is 19.2 Å². The van der Waals surface area contributed by atoms with Gasteiger partial charge >= 0.3 is 5.97 Å². The zero-order valence-corrected chi connectivity index (χ0v) is 18.0. The average Bonchev–Trinajstić information content (AvgIpc) is 3.30. The lowest BCUT2D eigenvalue weighted by Gasteiger charge is -2.08. The predicted molar refractivity (Wildman–Crippen MR) is 124 cm³/mol. The molecule has 10 nitrogen and oxygen atoms in total. The number of amides is 1. The number of para-hydroxylation sites is 1. The van der Waals surface area contributed by atoms with Crippen LogP contribution in [0.5, 0.6) is 0 Å². The van der Waals surface area contributed by atoms with Gasteiger partial charge < -0.3 is 10.1 Å². The molecule has 0 fully saturated rings. The summed E-state index contributed by atoms with van der Waals surface area (Å²) in [4.78, 5) is 39.6. The van der Waals surface area contributed by atoms with Gasteiger partial charge in [0, 0.05) is 17.7 Å². The Labute approximate surface area is 194 Å². The van der Waals surface area contributed by atoms with E-state index in [1.165, 1.54) is 22.9 Å². The predicted octanol–water partition coefficient (Wildman–Crippen LogP) is 3.95. The normalized spacial score (nSPS) is 10.5. The zero-order chi connectivity index (χ0) is 24.1. The highest BCUT2D eigenvalue weighted by atomic mass is 16.6. The molecule has 3 aromatic carbocycles. The number of nitrogens with one attached hydrogen (secondary N) is 1. The van der Waals surface area contributed by atoms with Crippen LogP contribution in [0.25, 0.3) is 17.1 Å². The summed E-state index contributed by atoms with van der Waals surface area (Å²) in [5.41, 5.74) is 2.17. The van der Waals surface area contributed by atoms with Gasteiger partial charge in [0.25, 0.3) is 17.4 Å². The fourth-order valence-corrected chi connectivity index (χ4v) is 3.16. The highest BCUT2D eigenvalue weighted by molar-refractivity contribution is 5.95. The second-order valence-corrected chi connectivity index (χ2v) is 7.25. The van der Waals surface area contributed by atoms with Crippen LogP contribution < -0.4 is 5.32 Å². The van der Waals surface area contributed by atoms with Crippen molar-refractivity contribution in [3.05, 3.63) is 100 Å². The molecule has 1 aromatic heterocycles. The number of aryl methyl sites for hydroxylation is 1. The largest absolute Gasteiger partial charge is 0.450 e. The first-order chi connectivity index (χ1) is 16.4. The molecule has 10 heteroatoms. The summed E-state index contributed by atoms with van der Waals surface area (Å²) >= 11 is 0. The lowest BCUT2D eigenvalue weighted by Crippen LogP contribution is -2.22. The van der Waals surface area contributed by atoms with E-state index in [1.54, 1.807) is 6.92 Å². The van der Waals surface area contributed by atoms with Crippen molar-refractivity contribution >= 4 is 23.3 Å². The van der Waals surface area contributed by atoms with Crippen LogP contribution in [0, 0.1) is 17.0 Å². The zero-order valence-electron chi connectivity index (χ0n) is 18.0. The Balaban J connectivity index is 1.50. The number of non-ortho nitro benzene ring substituents is 1. The van der Waals surface area contributed by atoms with Crippen LogP contribution in [0.2, 0.25) is 0 Å². The Morgan fingerprint density at radius 3 is 2.38 bits per heavy atom. The minimum Gasteiger partial charge on any atom is -0.450 e. The van der Waals surface area contributed by atoms with Crippen LogP contribution in [-0.2, 0) is 9.53 Å². The van der Waals surface area contributed by atoms with Crippen molar-refractivity contribution in [1.82, 2.24) is 14.8 Å². The van der Waals surface area contributed by atoms with Crippen LogP contribution in [0.3, 0.4) is 0 Å². The molecule has 0 saturated carbocycles. The maximum Gasteiger partial charge on any atom is 0.378 e. The summed E-state index contributed by atoms with van der Waals surface area (Å²) in [7, 11) is 0. The summed E-state index contributed by atoms with van der Waals surface area (Å²) < 4.78 is 6.62. The maximum atomic E-state index is 12.6. The van der Waals surface area contributed by atoms with Crippen LogP contribution in [0.1, 0.15) is 16.2 Å². The van der Waals surface area contributed by atoms with E-state index in [0.717, 1.165) is 5.56 Å². The molecule has 0 atom stereocenters. The number of benzene rings is 3. The van der Waals surface area contributed by atoms with E-state index in [9.17, 15) is 19.7 Å². The molecule has 0 radical (unpaired) electrons. The number of hydrogen-bond donors (Lipinski definition) is 1. The molecule has 1 amide bonds. The highest BCUT2D eigenvalue weighted by Gasteiger charge is 2.21. The second kappa shape index (κ2) is 9.74. The first kappa shape index (κ1) is 22.3. The number of aromatic nitrogens is 3. The molecule has 0 aliphatic heterocycles. The summed E-state index contributed by atoms with van der Waals surface area (Å²) in [5.74, 6) is -1.29. The number of carbonyl (C=O) groups excluding carboxylic acids is 2. The Hall–Kier alpha value is -4.86. The van der Waals surface area contributed by atoms with Crippen LogP contribution in [0.4, 0.5) is 11.4 Å². The molecular weight excluding hydrogens is 438 g/mol. The van der Waals surface area contributed by atoms with Gasteiger partial charge in [0.05, 0.1) is 16.3 Å². The first-order valence-corrected chi connectivity index (χ1v) is 10.2. The molecule has 1 N–H and O–H groups in total. The van der Waals surface area contributed by atoms with E-state index in [4.69, 9.17) is 4.74 Å². The van der Waals surface area contributed by atoms with E-state index in [2.05, 4.69) is 15.4 Å². The SMILES string of the molecule is Cc1ccc([N+](=O)[O-])cc1NC(=O)COC(=O)c1nc(-c2ccccc2)n(-c2ccccc2)n1. The van der Waals surface area contributed by atoms with Gasteiger partial charge in [-0.2, -0.15) is 0 Å². The molecule has 4 rings (SSSR count). The van der Waals surface area contributed by atoms with Gasteiger partial charge in [-0.05, 0) is 24.6 Å².